The first-order chi connectivity index (χ1) is 12.1. The Kier molecular flexibility index (Phi) is 4.72. The number of halogens is 1. The molecule has 3 rings (SSSR count). The number of allylic oxidation sites excluding steroid dienone is 3. The molecule has 2 aromatic rings. The highest BCUT2D eigenvalue weighted by molar-refractivity contribution is 6.20. The largest absolute Gasteiger partial charge is 0.463 e. The number of nitriles is 1. The number of nitrogens with zero attached hydrogens (tertiary/aromatic N) is 3. The molecule has 1 aromatic heterocycles. The van der Waals surface area contributed by atoms with Crippen molar-refractivity contribution in [1.82, 2.24) is 15.6 Å². The summed E-state index contributed by atoms with van der Waals surface area (Å²) < 4.78 is 10.0. The molecule has 0 radical (unpaired) electrons. The summed E-state index contributed by atoms with van der Waals surface area (Å²) in [5.74, 6) is -1.10. The Labute approximate surface area is 148 Å². The molecule has 1 unspecified atom stereocenters. The van der Waals surface area contributed by atoms with Gasteiger partial charge in [0.05, 0.1) is 35.6 Å². The van der Waals surface area contributed by atoms with E-state index in [0.717, 1.165) is 0 Å². The number of benzene rings is 1. The molecule has 1 atom stereocenters. The fourth-order valence-electron chi connectivity index (χ4n) is 2.97. The molecular formula is C17H15ClN4O3. The first-order valence-electron chi connectivity index (χ1n) is 7.67. The average Bonchev–Trinajstić information content (AvgIpc) is 3.09. The van der Waals surface area contributed by atoms with Gasteiger partial charge in [0, 0.05) is 11.4 Å². The Balaban J connectivity index is 2.28. The summed E-state index contributed by atoms with van der Waals surface area (Å²) >= 11 is 6.05. The predicted octanol–water partition coefficient (Wildman–Crippen LogP) is 2.76. The second kappa shape index (κ2) is 6.95. The topological polar surface area (TPSA) is 101 Å². The fraction of sp³-hybridized carbons (Fsp3) is 0.294. The molecule has 7 nitrogen and oxygen atoms in total. The minimum Gasteiger partial charge on any atom is -0.463 e. The third-order valence-electron chi connectivity index (χ3n) is 4.02. The quantitative estimate of drug-likeness (QED) is 0.662. The minimum absolute atomic E-state index is 0.0771. The third kappa shape index (κ3) is 2.85. The van der Waals surface area contributed by atoms with Crippen molar-refractivity contribution in [3.05, 3.63) is 46.3 Å². The Bertz CT molecular complexity index is 939. The molecule has 1 N–H and O–H groups in total. The number of rotatable bonds is 4. The SMILES string of the molecule is CCOC(=O)C1=C(CCl)NC(C)=C(C#N)C1c1cccc2nonc12. The van der Waals surface area contributed by atoms with Crippen LogP contribution in [0.5, 0.6) is 0 Å². The van der Waals surface area contributed by atoms with Crippen molar-refractivity contribution in [2.45, 2.75) is 19.8 Å². The molecule has 128 valence electrons. The first kappa shape index (κ1) is 17.0. The van der Waals surface area contributed by atoms with Gasteiger partial charge in [-0.1, -0.05) is 12.1 Å². The lowest BCUT2D eigenvalue weighted by atomic mass is 9.80. The molecule has 0 fully saturated rings. The number of aromatic nitrogens is 2. The van der Waals surface area contributed by atoms with Crippen molar-refractivity contribution < 1.29 is 14.2 Å². The summed E-state index contributed by atoms with van der Waals surface area (Å²) in [6, 6.07) is 7.49. The van der Waals surface area contributed by atoms with Crippen LogP contribution in [0.1, 0.15) is 25.3 Å². The summed E-state index contributed by atoms with van der Waals surface area (Å²) in [5.41, 5.74) is 3.51. The molecule has 8 heteroatoms. The number of carbonyl (C=O) groups is 1. The van der Waals surface area contributed by atoms with E-state index in [1.54, 1.807) is 32.0 Å². The number of hydrogen-bond acceptors (Lipinski definition) is 7. The lowest BCUT2D eigenvalue weighted by Gasteiger charge is -2.29. The Morgan fingerprint density at radius 2 is 2.28 bits per heavy atom. The van der Waals surface area contributed by atoms with Crippen LogP contribution in [-0.4, -0.2) is 28.8 Å². The van der Waals surface area contributed by atoms with Crippen molar-refractivity contribution in [1.29, 1.82) is 5.26 Å². The Hall–Kier alpha value is -2.85. The standard InChI is InChI=1S/C17H15ClN4O3/c1-3-24-17(23)15-13(7-18)20-9(2)11(8-19)14(15)10-5-4-6-12-16(10)22-25-21-12/h4-6,14,20H,3,7H2,1-2H3. The van der Waals surface area contributed by atoms with E-state index in [9.17, 15) is 10.1 Å². The Morgan fingerprint density at radius 3 is 2.96 bits per heavy atom. The molecule has 1 aliphatic rings. The van der Waals surface area contributed by atoms with E-state index in [2.05, 4.69) is 21.7 Å². The number of dihydropyridines is 1. The molecular weight excluding hydrogens is 344 g/mol. The van der Waals surface area contributed by atoms with E-state index < -0.39 is 11.9 Å². The molecule has 2 heterocycles. The highest BCUT2D eigenvalue weighted by atomic mass is 35.5. The number of nitrogens with one attached hydrogen (secondary N) is 1. The zero-order valence-electron chi connectivity index (χ0n) is 13.7. The second-order valence-electron chi connectivity index (χ2n) is 5.43. The summed E-state index contributed by atoms with van der Waals surface area (Å²) in [5, 5.41) is 20.5. The number of esters is 1. The molecule has 1 aliphatic heterocycles. The maximum Gasteiger partial charge on any atom is 0.336 e. The van der Waals surface area contributed by atoms with Crippen LogP contribution < -0.4 is 5.32 Å². The first-order valence-corrected chi connectivity index (χ1v) is 8.21. The smallest absolute Gasteiger partial charge is 0.336 e. The van der Waals surface area contributed by atoms with Crippen molar-refractivity contribution in [2.75, 3.05) is 12.5 Å². The monoisotopic (exact) mass is 358 g/mol. The molecule has 25 heavy (non-hydrogen) atoms. The van der Waals surface area contributed by atoms with Gasteiger partial charge in [-0.15, -0.1) is 11.6 Å². The van der Waals surface area contributed by atoms with Gasteiger partial charge in [0.25, 0.3) is 0 Å². The highest BCUT2D eigenvalue weighted by Gasteiger charge is 2.36. The van der Waals surface area contributed by atoms with Gasteiger partial charge in [-0.25, -0.2) is 9.42 Å². The number of hydrogen-bond donors (Lipinski definition) is 1. The van der Waals surface area contributed by atoms with E-state index in [4.69, 9.17) is 21.0 Å². The van der Waals surface area contributed by atoms with Crippen LogP contribution in [0.4, 0.5) is 0 Å². The molecule has 0 spiro atoms. The Morgan fingerprint density at radius 1 is 1.48 bits per heavy atom. The molecule has 0 aliphatic carbocycles. The second-order valence-corrected chi connectivity index (χ2v) is 5.70. The van der Waals surface area contributed by atoms with Crippen molar-refractivity contribution in [3.8, 4) is 6.07 Å². The summed E-state index contributed by atoms with van der Waals surface area (Å²) in [7, 11) is 0. The fourth-order valence-corrected chi connectivity index (χ4v) is 3.18. The van der Waals surface area contributed by atoms with Crippen LogP contribution in [0.15, 0.2) is 45.4 Å². The van der Waals surface area contributed by atoms with Crippen LogP contribution in [-0.2, 0) is 9.53 Å². The van der Waals surface area contributed by atoms with Crippen molar-refractivity contribution in [3.63, 3.8) is 0 Å². The van der Waals surface area contributed by atoms with Gasteiger partial charge in [0.15, 0.2) is 0 Å². The van der Waals surface area contributed by atoms with E-state index >= 15 is 0 Å². The van der Waals surface area contributed by atoms with Crippen molar-refractivity contribution >= 4 is 28.6 Å². The lowest BCUT2D eigenvalue weighted by Crippen LogP contribution is -2.30. The van der Waals surface area contributed by atoms with Gasteiger partial charge in [-0.3, -0.25) is 0 Å². The van der Waals surface area contributed by atoms with E-state index in [0.29, 0.717) is 39.1 Å². The zero-order valence-corrected chi connectivity index (χ0v) is 14.4. The van der Waals surface area contributed by atoms with Crippen LogP contribution in [0, 0.1) is 11.3 Å². The van der Waals surface area contributed by atoms with E-state index in [1.807, 2.05) is 0 Å². The number of alkyl halides is 1. The summed E-state index contributed by atoms with van der Waals surface area (Å²) in [6.07, 6.45) is 0. The molecule has 0 bridgehead atoms. The summed E-state index contributed by atoms with van der Waals surface area (Å²) in [4.78, 5) is 12.6. The highest BCUT2D eigenvalue weighted by Crippen LogP contribution is 2.40. The predicted molar refractivity (Wildman–Crippen MR) is 90.4 cm³/mol. The summed E-state index contributed by atoms with van der Waals surface area (Å²) in [6.45, 7) is 3.70. The molecule has 0 saturated heterocycles. The minimum atomic E-state index is -0.658. The van der Waals surface area contributed by atoms with E-state index in [1.165, 1.54) is 0 Å². The van der Waals surface area contributed by atoms with Gasteiger partial charge in [-0.05, 0) is 35.8 Å². The number of carbonyl (C=O) groups excluding carboxylic acids is 1. The van der Waals surface area contributed by atoms with Crippen LogP contribution in [0.3, 0.4) is 0 Å². The van der Waals surface area contributed by atoms with Gasteiger partial charge < -0.3 is 10.1 Å². The molecule has 0 saturated carbocycles. The van der Waals surface area contributed by atoms with Crippen LogP contribution in [0.2, 0.25) is 0 Å². The maximum absolute atomic E-state index is 12.6. The zero-order chi connectivity index (χ0) is 18.0. The van der Waals surface area contributed by atoms with Gasteiger partial charge in [0.2, 0.25) is 0 Å². The van der Waals surface area contributed by atoms with E-state index in [-0.39, 0.29) is 12.5 Å². The lowest BCUT2D eigenvalue weighted by molar-refractivity contribution is -0.138. The normalized spacial score (nSPS) is 17.4. The third-order valence-corrected chi connectivity index (χ3v) is 4.29. The maximum atomic E-state index is 12.6. The average molecular weight is 359 g/mol. The molecule has 1 aromatic carbocycles. The number of ether oxygens (including phenoxy) is 1. The van der Waals surface area contributed by atoms with Crippen LogP contribution in [0.25, 0.3) is 11.0 Å². The van der Waals surface area contributed by atoms with Gasteiger partial charge in [0.1, 0.15) is 11.0 Å². The van der Waals surface area contributed by atoms with Gasteiger partial charge >= 0.3 is 5.97 Å². The molecule has 0 amide bonds. The number of fused-ring (bicyclic) bond motifs is 1. The van der Waals surface area contributed by atoms with Gasteiger partial charge in [-0.2, -0.15) is 5.26 Å². The van der Waals surface area contributed by atoms with Crippen LogP contribution >= 0.6 is 11.6 Å². The van der Waals surface area contributed by atoms with Crippen molar-refractivity contribution in [2.24, 2.45) is 0 Å².